The maximum atomic E-state index is 9.45. The van der Waals surface area contributed by atoms with Gasteiger partial charge in [0.05, 0.1) is 0 Å². The lowest BCUT2D eigenvalue weighted by atomic mass is 9.89. The average Bonchev–Trinajstić information content (AvgIpc) is 2.07. The van der Waals surface area contributed by atoms with E-state index in [2.05, 4.69) is 0 Å². The average molecular weight is 158 g/mol. The van der Waals surface area contributed by atoms with Crippen molar-refractivity contribution in [1.82, 2.24) is 0 Å². The summed E-state index contributed by atoms with van der Waals surface area (Å²) >= 11 is 0. The van der Waals surface area contributed by atoms with Gasteiger partial charge in [-0.15, -0.1) is 0 Å². The number of rotatable bonds is 3. The Kier molecular flexibility index (Phi) is 3.87. The number of ether oxygens (including phenoxy) is 1. The van der Waals surface area contributed by atoms with E-state index in [1.54, 1.807) is 0 Å². The van der Waals surface area contributed by atoms with Gasteiger partial charge in [-0.3, -0.25) is 0 Å². The predicted octanol–water partition coefficient (Wildman–Crippen LogP) is 1.92. The van der Waals surface area contributed by atoms with Gasteiger partial charge in [0.15, 0.2) is 6.29 Å². The first kappa shape index (κ1) is 9.01. The van der Waals surface area contributed by atoms with Gasteiger partial charge in [-0.1, -0.05) is 19.3 Å². The first-order valence-electron chi connectivity index (χ1n) is 4.64. The largest absolute Gasteiger partial charge is 0.368 e. The molecule has 0 aliphatic heterocycles. The van der Waals surface area contributed by atoms with Crippen molar-refractivity contribution in [1.29, 1.82) is 0 Å². The molecule has 2 nitrogen and oxygen atoms in total. The zero-order valence-electron chi connectivity index (χ0n) is 7.25. The molecule has 0 bridgehead atoms. The zero-order chi connectivity index (χ0) is 8.10. The van der Waals surface area contributed by atoms with Crippen LogP contribution < -0.4 is 0 Å². The van der Waals surface area contributed by atoms with Gasteiger partial charge < -0.3 is 9.84 Å². The van der Waals surface area contributed by atoms with E-state index in [9.17, 15) is 5.11 Å². The zero-order valence-corrected chi connectivity index (χ0v) is 7.25. The Hall–Kier alpha value is -0.0800. The van der Waals surface area contributed by atoms with E-state index in [1.165, 1.54) is 19.3 Å². The Morgan fingerprint density at radius 1 is 1.36 bits per heavy atom. The number of aliphatic hydroxyl groups excluding tert-OH is 1. The third-order valence-electron chi connectivity index (χ3n) is 2.39. The molecule has 1 fully saturated rings. The molecular formula is C9H18O2. The highest BCUT2D eigenvalue weighted by Crippen LogP contribution is 2.26. The standard InChI is InChI=1S/C9H18O2/c1-2-11-9(10)8-6-4-3-5-7-8/h8-10H,2-7H2,1H3. The molecule has 1 N–H and O–H groups in total. The Morgan fingerprint density at radius 3 is 2.55 bits per heavy atom. The summed E-state index contributed by atoms with van der Waals surface area (Å²) in [5.74, 6) is 0.406. The van der Waals surface area contributed by atoms with Crippen molar-refractivity contribution in [2.75, 3.05) is 6.61 Å². The van der Waals surface area contributed by atoms with Crippen LogP contribution in [0.3, 0.4) is 0 Å². The molecule has 0 aromatic heterocycles. The van der Waals surface area contributed by atoms with Crippen LogP contribution in [0.2, 0.25) is 0 Å². The van der Waals surface area contributed by atoms with Crippen LogP contribution in [0, 0.1) is 5.92 Å². The van der Waals surface area contributed by atoms with Crippen molar-refractivity contribution < 1.29 is 9.84 Å². The Morgan fingerprint density at radius 2 is 2.00 bits per heavy atom. The minimum absolute atomic E-state index is 0.406. The molecule has 1 rings (SSSR count). The highest BCUT2D eigenvalue weighted by molar-refractivity contribution is 4.67. The fourth-order valence-corrected chi connectivity index (χ4v) is 1.73. The minimum Gasteiger partial charge on any atom is -0.368 e. The van der Waals surface area contributed by atoms with Crippen LogP contribution in [0.4, 0.5) is 0 Å². The number of aliphatic hydroxyl groups is 1. The second-order valence-corrected chi connectivity index (χ2v) is 3.24. The predicted molar refractivity (Wildman–Crippen MR) is 44.2 cm³/mol. The molecule has 1 atom stereocenters. The van der Waals surface area contributed by atoms with Crippen LogP contribution in [-0.2, 0) is 4.74 Å². The molecule has 11 heavy (non-hydrogen) atoms. The summed E-state index contributed by atoms with van der Waals surface area (Å²) < 4.78 is 5.14. The van der Waals surface area contributed by atoms with Crippen molar-refractivity contribution in [2.24, 2.45) is 5.92 Å². The van der Waals surface area contributed by atoms with Gasteiger partial charge >= 0.3 is 0 Å². The maximum absolute atomic E-state index is 9.45. The molecule has 0 aromatic carbocycles. The summed E-state index contributed by atoms with van der Waals surface area (Å²) in [6.45, 7) is 2.55. The quantitative estimate of drug-likeness (QED) is 0.636. The molecule has 1 saturated carbocycles. The van der Waals surface area contributed by atoms with Crippen LogP contribution >= 0.6 is 0 Å². The van der Waals surface area contributed by atoms with Gasteiger partial charge in [-0.2, -0.15) is 0 Å². The lowest BCUT2D eigenvalue weighted by Crippen LogP contribution is -2.25. The van der Waals surface area contributed by atoms with Crippen molar-refractivity contribution in [3.05, 3.63) is 0 Å². The summed E-state index contributed by atoms with van der Waals surface area (Å²) in [6.07, 6.45) is 5.63. The van der Waals surface area contributed by atoms with Crippen molar-refractivity contribution in [2.45, 2.75) is 45.3 Å². The Balaban J connectivity index is 2.21. The third kappa shape index (κ3) is 2.80. The van der Waals surface area contributed by atoms with E-state index >= 15 is 0 Å². The third-order valence-corrected chi connectivity index (χ3v) is 2.39. The molecule has 0 radical (unpaired) electrons. The molecular weight excluding hydrogens is 140 g/mol. The van der Waals surface area contributed by atoms with E-state index in [1.807, 2.05) is 6.92 Å². The lowest BCUT2D eigenvalue weighted by Gasteiger charge is -2.25. The number of hydrogen-bond donors (Lipinski definition) is 1. The van der Waals surface area contributed by atoms with Crippen LogP contribution in [0.5, 0.6) is 0 Å². The van der Waals surface area contributed by atoms with Crippen LogP contribution in [0.15, 0.2) is 0 Å². The first-order chi connectivity index (χ1) is 5.34. The smallest absolute Gasteiger partial charge is 0.157 e. The van der Waals surface area contributed by atoms with Gasteiger partial charge in [-0.25, -0.2) is 0 Å². The molecule has 0 aromatic rings. The summed E-state index contributed by atoms with van der Waals surface area (Å²) in [5.41, 5.74) is 0. The first-order valence-corrected chi connectivity index (χ1v) is 4.64. The molecule has 0 saturated heterocycles. The minimum atomic E-state index is -0.500. The second kappa shape index (κ2) is 4.73. The van der Waals surface area contributed by atoms with E-state index in [-0.39, 0.29) is 0 Å². The summed E-state index contributed by atoms with van der Waals surface area (Å²) in [4.78, 5) is 0. The van der Waals surface area contributed by atoms with Crippen LogP contribution in [0.1, 0.15) is 39.0 Å². The monoisotopic (exact) mass is 158 g/mol. The molecule has 1 aliphatic carbocycles. The maximum Gasteiger partial charge on any atom is 0.157 e. The topological polar surface area (TPSA) is 29.5 Å². The van der Waals surface area contributed by atoms with Gasteiger partial charge in [0, 0.05) is 12.5 Å². The van der Waals surface area contributed by atoms with E-state index < -0.39 is 6.29 Å². The fourth-order valence-electron chi connectivity index (χ4n) is 1.73. The molecule has 1 aliphatic rings. The van der Waals surface area contributed by atoms with Gasteiger partial charge in [0.2, 0.25) is 0 Å². The van der Waals surface area contributed by atoms with Crippen LogP contribution in [-0.4, -0.2) is 18.0 Å². The molecule has 0 heterocycles. The van der Waals surface area contributed by atoms with Crippen molar-refractivity contribution >= 4 is 0 Å². The summed E-state index contributed by atoms with van der Waals surface area (Å²) in [5, 5.41) is 9.45. The molecule has 0 spiro atoms. The van der Waals surface area contributed by atoms with Gasteiger partial charge in [-0.05, 0) is 19.8 Å². The summed E-state index contributed by atoms with van der Waals surface area (Å²) in [7, 11) is 0. The van der Waals surface area contributed by atoms with E-state index in [4.69, 9.17) is 4.74 Å². The molecule has 0 amide bonds. The highest BCUT2D eigenvalue weighted by Gasteiger charge is 2.21. The van der Waals surface area contributed by atoms with Crippen LogP contribution in [0.25, 0.3) is 0 Å². The van der Waals surface area contributed by atoms with Crippen molar-refractivity contribution in [3.8, 4) is 0 Å². The normalized spacial score (nSPS) is 23.5. The Labute approximate surface area is 68.6 Å². The molecule has 1 unspecified atom stereocenters. The lowest BCUT2D eigenvalue weighted by molar-refractivity contribution is -0.137. The second-order valence-electron chi connectivity index (χ2n) is 3.24. The van der Waals surface area contributed by atoms with E-state index in [0.29, 0.717) is 12.5 Å². The molecule has 2 heteroatoms. The number of hydrogen-bond acceptors (Lipinski definition) is 2. The van der Waals surface area contributed by atoms with Crippen molar-refractivity contribution in [3.63, 3.8) is 0 Å². The SMILES string of the molecule is CCOC(O)C1CCCCC1. The molecule has 66 valence electrons. The van der Waals surface area contributed by atoms with E-state index in [0.717, 1.165) is 12.8 Å². The highest BCUT2D eigenvalue weighted by atomic mass is 16.6. The Bertz CT molecular complexity index is 97.7. The summed E-state index contributed by atoms with van der Waals surface area (Å²) in [6, 6.07) is 0. The van der Waals surface area contributed by atoms with Gasteiger partial charge in [0.1, 0.15) is 0 Å². The fraction of sp³-hybridized carbons (Fsp3) is 1.00. The van der Waals surface area contributed by atoms with Gasteiger partial charge in [0.25, 0.3) is 0 Å².